The lowest BCUT2D eigenvalue weighted by Gasteiger charge is -2.24. The molecule has 0 aliphatic rings. The van der Waals surface area contributed by atoms with Crippen molar-refractivity contribution >= 4 is 16.0 Å². The van der Waals surface area contributed by atoms with E-state index in [1.54, 1.807) is 20.8 Å². The van der Waals surface area contributed by atoms with Gasteiger partial charge < -0.3 is 5.32 Å². The summed E-state index contributed by atoms with van der Waals surface area (Å²) >= 11 is 0. The SMILES string of the molecule is CC(C)(C)CC(=O)NC(C)(C)C.CC(C)(C)CS(=O)(=O)OC(C)(C)C. The van der Waals surface area contributed by atoms with Crippen molar-refractivity contribution < 1.29 is 17.4 Å². The third-order valence-corrected chi connectivity index (χ3v) is 4.17. The largest absolute Gasteiger partial charge is 0.351 e. The number of carbonyl (C=O) groups is 1. The molecule has 152 valence electrons. The average Bonchev–Trinajstić information content (AvgIpc) is 1.99. The summed E-state index contributed by atoms with van der Waals surface area (Å²) in [6.07, 6.45) is 0.588. The molecule has 0 saturated heterocycles. The van der Waals surface area contributed by atoms with E-state index in [-0.39, 0.29) is 28.0 Å². The van der Waals surface area contributed by atoms with E-state index in [0.29, 0.717) is 6.42 Å². The third kappa shape index (κ3) is 23.4. The van der Waals surface area contributed by atoms with Gasteiger partial charge in [0.1, 0.15) is 0 Å². The summed E-state index contributed by atoms with van der Waals surface area (Å²) < 4.78 is 27.9. The minimum atomic E-state index is -3.40. The molecule has 0 spiro atoms. The van der Waals surface area contributed by atoms with Crippen molar-refractivity contribution in [1.29, 1.82) is 0 Å². The molecule has 0 aliphatic heterocycles. The molecular formula is C19H41NO4S. The van der Waals surface area contributed by atoms with Crippen LogP contribution in [0.3, 0.4) is 0 Å². The molecule has 0 unspecified atom stereocenters. The molecule has 0 bridgehead atoms. The van der Waals surface area contributed by atoms with Crippen LogP contribution >= 0.6 is 0 Å². The maximum atomic E-state index is 11.4. The van der Waals surface area contributed by atoms with Crippen LogP contribution in [0.25, 0.3) is 0 Å². The Morgan fingerprint density at radius 1 is 0.800 bits per heavy atom. The summed E-state index contributed by atoms with van der Waals surface area (Å²) in [6.45, 7) is 23.0. The van der Waals surface area contributed by atoms with Gasteiger partial charge in [-0.25, -0.2) is 0 Å². The Labute approximate surface area is 156 Å². The Bertz CT molecular complexity index is 470. The monoisotopic (exact) mass is 379 g/mol. The van der Waals surface area contributed by atoms with Gasteiger partial charge in [-0.15, -0.1) is 0 Å². The zero-order valence-corrected chi connectivity index (χ0v) is 19.3. The van der Waals surface area contributed by atoms with Crippen LogP contribution in [0.1, 0.15) is 89.5 Å². The topological polar surface area (TPSA) is 72.5 Å². The zero-order valence-electron chi connectivity index (χ0n) is 18.5. The van der Waals surface area contributed by atoms with Gasteiger partial charge in [0, 0.05) is 12.0 Å². The molecule has 5 nitrogen and oxygen atoms in total. The van der Waals surface area contributed by atoms with E-state index in [9.17, 15) is 13.2 Å². The number of amides is 1. The van der Waals surface area contributed by atoms with Crippen LogP contribution in [0.5, 0.6) is 0 Å². The second-order valence-corrected chi connectivity index (χ2v) is 12.6. The van der Waals surface area contributed by atoms with Crippen molar-refractivity contribution in [3.63, 3.8) is 0 Å². The smallest absolute Gasteiger partial charge is 0.268 e. The average molecular weight is 380 g/mol. The van der Waals surface area contributed by atoms with Crippen molar-refractivity contribution in [2.24, 2.45) is 10.8 Å². The second-order valence-electron chi connectivity index (χ2n) is 11.0. The lowest BCUT2D eigenvalue weighted by atomic mass is 9.91. The molecule has 0 fully saturated rings. The Balaban J connectivity index is 0. The molecule has 0 aromatic carbocycles. The van der Waals surface area contributed by atoms with Crippen LogP contribution in [0, 0.1) is 10.8 Å². The fourth-order valence-corrected chi connectivity index (χ4v) is 3.77. The molecule has 0 saturated carbocycles. The fraction of sp³-hybridized carbons (Fsp3) is 0.947. The molecule has 0 aromatic rings. The van der Waals surface area contributed by atoms with Gasteiger partial charge in [-0.05, 0) is 52.4 Å². The minimum absolute atomic E-state index is 0.0528. The van der Waals surface area contributed by atoms with E-state index in [0.717, 1.165) is 0 Å². The lowest BCUT2D eigenvalue weighted by Crippen LogP contribution is -2.41. The van der Waals surface area contributed by atoms with Gasteiger partial charge in [0.15, 0.2) is 0 Å². The molecule has 0 heterocycles. The third-order valence-electron chi connectivity index (χ3n) is 2.19. The maximum absolute atomic E-state index is 11.4. The fourth-order valence-electron chi connectivity index (χ4n) is 1.88. The first-order chi connectivity index (χ1) is 10.5. The van der Waals surface area contributed by atoms with Gasteiger partial charge in [-0.3, -0.25) is 8.98 Å². The maximum Gasteiger partial charge on any atom is 0.268 e. The Kier molecular flexibility index (Phi) is 9.42. The molecule has 0 atom stereocenters. The highest BCUT2D eigenvalue weighted by molar-refractivity contribution is 7.86. The number of rotatable bonds is 3. The normalized spacial score (nSPS) is 13.8. The van der Waals surface area contributed by atoms with E-state index < -0.39 is 15.7 Å². The first-order valence-corrected chi connectivity index (χ1v) is 10.3. The van der Waals surface area contributed by atoms with Gasteiger partial charge in [-0.1, -0.05) is 41.5 Å². The predicted molar refractivity (Wildman–Crippen MR) is 106 cm³/mol. The summed E-state index contributed by atoms with van der Waals surface area (Å²) in [7, 11) is -3.40. The first-order valence-electron chi connectivity index (χ1n) is 8.76. The first kappa shape index (κ1) is 26.6. The molecule has 1 N–H and O–H groups in total. The lowest BCUT2D eigenvalue weighted by molar-refractivity contribution is -0.124. The number of hydrogen-bond acceptors (Lipinski definition) is 4. The molecule has 6 heteroatoms. The highest BCUT2D eigenvalue weighted by Gasteiger charge is 2.27. The quantitative estimate of drug-likeness (QED) is 0.732. The van der Waals surface area contributed by atoms with Crippen LogP contribution in [0.4, 0.5) is 0 Å². The number of nitrogens with one attached hydrogen (secondary N) is 1. The molecular weight excluding hydrogens is 338 g/mol. The van der Waals surface area contributed by atoms with Crippen molar-refractivity contribution in [2.45, 2.75) is 101 Å². The molecule has 0 aliphatic carbocycles. The van der Waals surface area contributed by atoms with E-state index in [1.165, 1.54) is 0 Å². The van der Waals surface area contributed by atoms with Crippen molar-refractivity contribution in [3.8, 4) is 0 Å². The van der Waals surface area contributed by atoms with Crippen molar-refractivity contribution in [1.82, 2.24) is 5.32 Å². The summed E-state index contributed by atoms with van der Waals surface area (Å²) in [5.41, 5.74) is -0.925. The van der Waals surface area contributed by atoms with Gasteiger partial charge in [0.25, 0.3) is 10.1 Å². The molecule has 25 heavy (non-hydrogen) atoms. The van der Waals surface area contributed by atoms with Crippen LogP contribution in [0.2, 0.25) is 0 Å². The Morgan fingerprint density at radius 3 is 1.44 bits per heavy atom. The van der Waals surface area contributed by atoms with E-state index >= 15 is 0 Å². The highest BCUT2D eigenvalue weighted by Crippen LogP contribution is 2.21. The van der Waals surface area contributed by atoms with Crippen LogP contribution < -0.4 is 5.32 Å². The number of hydrogen-bond donors (Lipinski definition) is 1. The van der Waals surface area contributed by atoms with Crippen molar-refractivity contribution in [3.05, 3.63) is 0 Å². The zero-order chi connectivity index (χ0) is 20.9. The van der Waals surface area contributed by atoms with Gasteiger partial charge >= 0.3 is 0 Å². The summed E-state index contributed by atoms with van der Waals surface area (Å²) in [4.78, 5) is 11.4. The molecule has 0 rings (SSSR count). The van der Waals surface area contributed by atoms with Crippen LogP contribution in [0.15, 0.2) is 0 Å². The molecule has 0 aromatic heterocycles. The summed E-state index contributed by atoms with van der Waals surface area (Å²) in [5, 5.41) is 2.94. The molecule has 0 radical (unpaired) electrons. The number of carbonyl (C=O) groups excluding carboxylic acids is 1. The Hall–Kier alpha value is -0.620. The minimum Gasteiger partial charge on any atom is -0.351 e. The Morgan fingerprint density at radius 2 is 1.20 bits per heavy atom. The van der Waals surface area contributed by atoms with Gasteiger partial charge in [0.05, 0.1) is 11.4 Å². The molecule has 1 amide bonds. The summed E-state index contributed by atoms with van der Waals surface area (Å²) in [5.74, 6) is 0.187. The second kappa shape index (κ2) is 8.85. The van der Waals surface area contributed by atoms with Crippen molar-refractivity contribution in [2.75, 3.05) is 5.75 Å². The van der Waals surface area contributed by atoms with E-state index in [1.807, 2.05) is 41.5 Å². The van der Waals surface area contributed by atoms with E-state index in [2.05, 4.69) is 26.1 Å². The van der Waals surface area contributed by atoms with Crippen LogP contribution in [-0.4, -0.2) is 31.2 Å². The van der Waals surface area contributed by atoms with Gasteiger partial charge in [-0.2, -0.15) is 8.42 Å². The standard InChI is InChI=1S/C10H21NO.C9H20O3S/c1-9(2,3)7-8(12)11-10(4,5)6;1-8(2,3)7-13(10,11)12-9(4,5)6/h7H2,1-6H3,(H,11,12);7H2,1-6H3. The van der Waals surface area contributed by atoms with Crippen LogP contribution in [-0.2, 0) is 19.1 Å². The highest BCUT2D eigenvalue weighted by atomic mass is 32.2. The summed E-state index contributed by atoms with van der Waals surface area (Å²) in [6, 6.07) is 0. The van der Waals surface area contributed by atoms with Gasteiger partial charge in [0.2, 0.25) is 5.91 Å². The predicted octanol–water partition coefficient (Wildman–Crippen LogP) is 4.51. The van der Waals surface area contributed by atoms with E-state index in [4.69, 9.17) is 4.18 Å².